The molecule has 10 nitrogen and oxygen atoms in total. The number of aromatic carboxylic acids is 1. The number of rotatable bonds is 9. The molecule has 1 aromatic heterocycles. The molecule has 0 fully saturated rings. The van der Waals surface area contributed by atoms with Gasteiger partial charge in [0.25, 0.3) is 0 Å². The lowest BCUT2D eigenvalue weighted by Gasteiger charge is -2.13. The Morgan fingerprint density at radius 2 is 2.12 bits per heavy atom. The number of carboxylic acids is 1. The van der Waals surface area contributed by atoms with E-state index in [1.165, 1.54) is 43.8 Å². The van der Waals surface area contributed by atoms with Crippen molar-refractivity contribution in [3.8, 4) is 11.5 Å². The molecule has 11 heteroatoms. The van der Waals surface area contributed by atoms with Crippen molar-refractivity contribution in [2.45, 2.75) is 6.61 Å². The number of nitrogens with zero attached hydrogens (tertiary/aromatic N) is 3. The minimum absolute atomic E-state index is 0.00430. The summed E-state index contributed by atoms with van der Waals surface area (Å²) >= 11 is 6.34. The van der Waals surface area contributed by atoms with Crippen LogP contribution in [-0.4, -0.2) is 34.3 Å². The highest BCUT2D eigenvalue weighted by molar-refractivity contribution is 6.32. The summed E-state index contributed by atoms with van der Waals surface area (Å²) in [6, 6.07) is 12.3. The van der Waals surface area contributed by atoms with Gasteiger partial charge in [0.15, 0.2) is 11.5 Å². The third-order valence-corrected chi connectivity index (χ3v) is 4.46. The number of hydrogen-bond acceptors (Lipinski definition) is 8. The number of nitro groups is 1. The number of halogens is 1. The van der Waals surface area contributed by atoms with Gasteiger partial charge in [-0.1, -0.05) is 23.7 Å². The minimum atomic E-state index is -1.03. The van der Waals surface area contributed by atoms with Gasteiger partial charge in [-0.3, -0.25) is 15.5 Å². The maximum absolute atomic E-state index is 11.1. The molecule has 0 atom stereocenters. The molecule has 0 aliphatic heterocycles. The molecule has 2 aromatic carbocycles. The summed E-state index contributed by atoms with van der Waals surface area (Å²) in [5, 5.41) is 24.3. The van der Waals surface area contributed by atoms with Crippen LogP contribution in [0.4, 0.5) is 11.5 Å². The van der Waals surface area contributed by atoms with Crippen LogP contribution < -0.4 is 14.9 Å². The van der Waals surface area contributed by atoms with Gasteiger partial charge in [0.2, 0.25) is 5.82 Å². The molecule has 2 N–H and O–H groups in total. The number of hydrazone groups is 1. The molecule has 164 valence electrons. The number of nitrogens with one attached hydrogen (secondary N) is 1. The number of hydrogen-bond donors (Lipinski definition) is 2. The van der Waals surface area contributed by atoms with E-state index in [4.69, 9.17) is 26.2 Å². The molecule has 32 heavy (non-hydrogen) atoms. The van der Waals surface area contributed by atoms with Crippen LogP contribution in [0.3, 0.4) is 0 Å². The molecular formula is C21H17ClN4O6. The summed E-state index contributed by atoms with van der Waals surface area (Å²) in [6.45, 7) is 0.0789. The van der Waals surface area contributed by atoms with Crippen molar-refractivity contribution < 1.29 is 24.3 Å². The molecule has 0 unspecified atom stereocenters. The third-order valence-electron chi connectivity index (χ3n) is 4.18. The summed E-state index contributed by atoms with van der Waals surface area (Å²) in [6.07, 6.45) is 2.80. The number of benzene rings is 2. The number of pyridine rings is 1. The van der Waals surface area contributed by atoms with Crippen molar-refractivity contribution in [3.63, 3.8) is 0 Å². The van der Waals surface area contributed by atoms with Gasteiger partial charge in [-0.05, 0) is 41.5 Å². The quantitative estimate of drug-likeness (QED) is 0.275. The normalized spacial score (nSPS) is 10.7. The summed E-state index contributed by atoms with van der Waals surface area (Å²) in [4.78, 5) is 25.5. The first-order chi connectivity index (χ1) is 15.4. The number of methoxy groups -OCH3 is 1. The van der Waals surface area contributed by atoms with Crippen molar-refractivity contribution in [2.24, 2.45) is 5.10 Å². The highest BCUT2D eigenvalue weighted by Gasteiger charge is 2.14. The van der Waals surface area contributed by atoms with Crippen molar-refractivity contribution in [1.82, 2.24) is 4.98 Å². The van der Waals surface area contributed by atoms with Gasteiger partial charge in [0.1, 0.15) is 6.61 Å². The third kappa shape index (κ3) is 5.49. The Kier molecular flexibility index (Phi) is 7.19. The summed E-state index contributed by atoms with van der Waals surface area (Å²) in [5.74, 6) is -0.427. The van der Waals surface area contributed by atoms with Gasteiger partial charge in [-0.15, -0.1) is 0 Å². The average Bonchev–Trinajstić information content (AvgIpc) is 2.78. The molecule has 3 rings (SSSR count). The molecule has 0 aliphatic rings. The average molecular weight is 457 g/mol. The predicted octanol–water partition coefficient (Wildman–Crippen LogP) is 4.38. The Hall–Kier alpha value is -4.18. The smallest absolute Gasteiger partial charge is 0.335 e. The second kappa shape index (κ2) is 10.2. The molecule has 0 aliphatic carbocycles. The van der Waals surface area contributed by atoms with Gasteiger partial charge >= 0.3 is 11.7 Å². The Balaban J connectivity index is 1.75. The van der Waals surface area contributed by atoms with E-state index in [2.05, 4.69) is 15.5 Å². The standard InChI is InChI=1S/C21H17ClN4O6/c1-31-18-10-14(11-24-25-20-17(26(29)30)6-3-7-23-20)9-16(22)19(18)32-12-13-4-2-5-15(8-13)21(27)28/h2-11H,12H2,1H3,(H,23,25)(H,27,28). The summed E-state index contributed by atoms with van der Waals surface area (Å²) in [7, 11) is 1.44. The van der Waals surface area contributed by atoms with E-state index in [0.29, 0.717) is 16.9 Å². The van der Waals surface area contributed by atoms with E-state index >= 15 is 0 Å². The lowest BCUT2D eigenvalue weighted by Crippen LogP contribution is -2.02. The molecule has 0 saturated carbocycles. The van der Waals surface area contributed by atoms with Crippen LogP contribution in [0.1, 0.15) is 21.5 Å². The van der Waals surface area contributed by atoms with E-state index in [0.717, 1.165) is 0 Å². The number of ether oxygens (including phenoxy) is 2. The van der Waals surface area contributed by atoms with E-state index < -0.39 is 10.9 Å². The van der Waals surface area contributed by atoms with Gasteiger partial charge in [-0.25, -0.2) is 9.78 Å². The largest absolute Gasteiger partial charge is 0.493 e. The van der Waals surface area contributed by atoms with Crippen molar-refractivity contribution in [3.05, 3.63) is 86.6 Å². The van der Waals surface area contributed by atoms with Gasteiger partial charge < -0.3 is 14.6 Å². The first kappa shape index (κ1) is 22.5. The van der Waals surface area contributed by atoms with Crippen LogP contribution in [0.5, 0.6) is 11.5 Å². The SMILES string of the molecule is COc1cc(C=NNc2ncccc2[N+](=O)[O-])cc(Cl)c1OCc1cccc(C(=O)O)c1. The second-order valence-corrected chi connectivity index (χ2v) is 6.73. The minimum Gasteiger partial charge on any atom is -0.493 e. The Bertz CT molecular complexity index is 1180. The summed E-state index contributed by atoms with van der Waals surface area (Å²) < 4.78 is 11.1. The summed E-state index contributed by atoms with van der Waals surface area (Å²) in [5.41, 5.74) is 3.65. The van der Waals surface area contributed by atoms with Crippen molar-refractivity contribution in [1.29, 1.82) is 0 Å². The maximum atomic E-state index is 11.1. The fraction of sp³-hybridized carbons (Fsp3) is 0.0952. The molecular weight excluding hydrogens is 440 g/mol. The Labute approximate surface area is 187 Å². The first-order valence-corrected chi connectivity index (χ1v) is 9.48. The number of aromatic nitrogens is 1. The molecule has 0 saturated heterocycles. The second-order valence-electron chi connectivity index (χ2n) is 6.33. The molecule has 3 aromatic rings. The van der Waals surface area contributed by atoms with Crippen LogP contribution in [0, 0.1) is 10.1 Å². The van der Waals surface area contributed by atoms with Crippen molar-refractivity contribution >= 4 is 35.3 Å². The fourth-order valence-electron chi connectivity index (χ4n) is 2.70. The molecule has 0 radical (unpaired) electrons. The van der Waals surface area contributed by atoms with Gasteiger partial charge in [0.05, 0.1) is 28.8 Å². The highest BCUT2D eigenvalue weighted by atomic mass is 35.5. The zero-order chi connectivity index (χ0) is 23.1. The number of anilines is 1. The molecule has 0 amide bonds. The molecule has 1 heterocycles. The van der Waals surface area contributed by atoms with Gasteiger partial charge in [-0.2, -0.15) is 5.10 Å². The Morgan fingerprint density at radius 1 is 1.31 bits per heavy atom. The number of carboxylic acid groups (broad SMARTS) is 1. The van der Waals surface area contributed by atoms with E-state index in [9.17, 15) is 14.9 Å². The van der Waals surface area contributed by atoms with Crippen molar-refractivity contribution in [2.75, 3.05) is 12.5 Å². The van der Waals surface area contributed by atoms with Gasteiger partial charge in [0, 0.05) is 12.3 Å². The topological polar surface area (TPSA) is 136 Å². The van der Waals surface area contributed by atoms with E-state index in [1.54, 1.807) is 24.3 Å². The zero-order valence-corrected chi connectivity index (χ0v) is 17.4. The molecule has 0 bridgehead atoms. The number of carbonyl (C=O) groups is 1. The lowest BCUT2D eigenvalue weighted by atomic mass is 10.1. The monoisotopic (exact) mass is 456 g/mol. The zero-order valence-electron chi connectivity index (χ0n) is 16.7. The van der Waals surface area contributed by atoms with E-state index in [1.807, 2.05) is 0 Å². The molecule has 0 spiro atoms. The van der Waals surface area contributed by atoms with Crippen LogP contribution >= 0.6 is 11.6 Å². The Morgan fingerprint density at radius 3 is 2.84 bits per heavy atom. The van der Waals surface area contributed by atoms with E-state index in [-0.39, 0.29) is 34.4 Å². The van der Waals surface area contributed by atoms with Crippen LogP contribution in [0.15, 0.2) is 59.8 Å². The van der Waals surface area contributed by atoms with Crippen LogP contribution in [-0.2, 0) is 6.61 Å². The fourth-order valence-corrected chi connectivity index (χ4v) is 2.98. The maximum Gasteiger partial charge on any atom is 0.335 e. The predicted molar refractivity (Wildman–Crippen MR) is 118 cm³/mol. The van der Waals surface area contributed by atoms with Crippen LogP contribution in [0.25, 0.3) is 0 Å². The highest BCUT2D eigenvalue weighted by Crippen LogP contribution is 2.36. The lowest BCUT2D eigenvalue weighted by molar-refractivity contribution is -0.384. The van der Waals surface area contributed by atoms with Crippen LogP contribution in [0.2, 0.25) is 5.02 Å². The first-order valence-electron chi connectivity index (χ1n) is 9.10.